The quantitative estimate of drug-likeness (QED) is 0.730. The third-order valence-electron chi connectivity index (χ3n) is 4.49. The summed E-state index contributed by atoms with van der Waals surface area (Å²) in [5.41, 5.74) is 6.41. The van der Waals surface area contributed by atoms with E-state index in [2.05, 4.69) is 39.6 Å². The molecule has 0 spiro atoms. The molecule has 0 amide bonds. The molecular weight excluding hydrogens is 336 g/mol. The summed E-state index contributed by atoms with van der Waals surface area (Å²) in [4.78, 5) is 4.04. The second-order valence-corrected chi connectivity index (χ2v) is 6.58. The lowest BCUT2D eigenvalue weighted by Gasteiger charge is -2.17. The number of aromatic nitrogens is 3. The largest absolute Gasteiger partial charge is 0.378 e. The van der Waals surface area contributed by atoms with Crippen LogP contribution in [0, 0.1) is 0 Å². The highest BCUT2D eigenvalue weighted by Crippen LogP contribution is 2.30. The molecule has 3 heterocycles. The van der Waals surface area contributed by atoms with Gasteiger partial charge in [0.15, 0.2) is 0 Å². The predicted octanol–water partition coefficient (Wildman–Crippen LogP) is 4.37. The summed E-state index contributed by atoms with van der Waals surface area (Å²) in [6.45, 7) is 3.44. The van der Waals surface area contributed by atoms with E-state index < -0.39 is 0 Å². The minimum absolute atomic E-state index is 0.0715. The van der Waals surface area contributed by atoms with Gasteiger partial charge in [0.25, 0.3) is 0 Å². The summed E-state index contributed by atoms with van der Waals surface area (Å²) in [5.74, 6) is 0. The molecule has 3 aromatic rings. The molecule has 0 saturated carbocycles. The van der Waals surface area contributed by atoms with Crippen LogP contribution in [0.1, 0.15) is 29.8 Å². The van der Waals surface area contributed by atoms with Gasteiger partial charge < -0.3 is 10.1 Å². The molecular formula is C19H19ClN4O. The van der Waals surface area contributed by atoms with Crippen molar-refractivity contribution in [3.05, 3.63) is 64.6 Å². The van der Waals surface area contributed by atoms with Crippen LogP contribution in [0.4, 0.5) is 5.69 Å². The minimum atomic E-state index is 0.0715. The van der Waals surface area contributed by atoms with Crippen molar-refractivity contribution < 1.29 is 4.74 Å². The van der Waals surface area contributed by atoms with Crippen molar-refractivity contribution in [2.45, 2.75) is 26.0 Å². The lowest BCUT2D eigenvalue weighted by Crippen LogP contribution is -2.09. The van der Waals surface area contributed by atoms with E-state index in [4.69, 9.17) is 16.3 Å². The van der Waals surface area contributed by atoms with Crippen molar-refractivity contribution in [2.24, 2.45) is 0 Å². The van der Waals surface area contributed by atoms with Gasteiger partial charge in [-0.15, -0.1) is 0 Å². The zero-order valence-corrected chi connectivity index (χ0v) is 14.7. The van der Waals surface area contributed by atoms with Crippen LogP contribution in [-0.2, 0) is 17.8 Å². The molecule has 1 aliphatic heterocycles. The Labute approximate surface area is 151 Å². The molecule has 6 heteroatoms. The number of ether oxygens (including phenoxy) is 1. The number of nitrogens with one attached hydrogen (secondary N) is 2. The number of pyridine rings is 1. The summed E-state index contributed by atoms with van der Waals surface area (Å²) in [6, 6.07) is 10.3. The third kappa shape index (κ3) is 3.25. The minimum Gasteiger partial charge on any atom is -0.378 e. The number of hydrogen-bond donors (Lipinski definition) is 2. The Morgan fingerprint density at radius 3 is 3.12 bits per heavy atom. The second-order valence-electron chi connectivity index (χ2n) is 6.18. The topological polar surface area (TPSA) is 62.8 Å². The van der Waals surface area contributed by atoms with E-state index in [0.29, 0.717) is 11.6 Å². The van der Waals surface area contributed by atoms with Crippen molar-refractivity contribution in [2.75, 3.05) is 11.9 Å². The van der Waals surface area contributed by atoms with Crippen molar-refractivity contribution >= 4 is 17.3 Å². The SMILES string of the molecule is CC(Nc1cccc(-c2n[nH]c3c2COCC3)c1)c1ccncc1Cl. The van der Waals surface area contributed by atoms with Crippen molar-refractivity contribution in [1.29, 1.82) is 0 Å². The number of rotatable bonds is 4. The molecule has 1 aliphatic rings. The summed E-state index contributed by atoms with van der Waals surface area (Å²) in [6.07, 6.45) is 4.31. The lowest BCUT2D eigenvalue weighted by molar-refractivity contribution is 0.110. The molecule has 0 radical (unpaired) electrons. The van der Waals surface area contributed by atoms with Crippen LogP contribution < -0.4 is 5.32 Å². The fourth-order valence-electron chi connectivity index (χ4n) is 3.17. The third-order valence-corrected chi connectivity index (χ3v) is 4.80. The first-order chi connectivity index (χ1) is 12.2. The Kier molecular flexibility index (Phi) is 4.42. The maximum Gasteiger partial charge on any atom is 0.0979 e. The highest BCUT2D eigenvalue weighted by molar-refractivity contribution is 6.31. The molecule has 5 nitrogen and oxygen atoms in total. The average molecular weight is 355 g/mol. The number of fused-ring (bicyclic) bond motifs is 1. The van der Waals surface area contributed by atoms with E-state index in [0.717, 1.165) is 41.1 Å². The number of halogens is 1. The second kappa shape index (κ2) is 6.86. The zero-order chi connectivity index (χ0) is 17.2. The first kappa shape index (κ1) is 16.1. The van der Waals surface area contributed by atoms with Gasteiger partial charge in [-0.3, -0.25) is 10.1 Å². The standard InChI is InChI=1S/C19H19ClN4O/c1-12(15-5-7-21-10-17(15)20)22-14-4-2-3-13(9-14)19-16-11-25-8-6-18(16)23-24-19/h2-5,7,9-10,12,22H,6,8,11H2,1H3,(H,23,24). The zero-order valence-electron chi connectivity index (χ0n) is 13.9. The number of H-pyrrole nitrogens is 1. The normalized spacial score (nSPS) is 14.8. The fraction of sp³-hybridized carbons (Fsp3) is 0.263. The van der Waals surface area contributed by atoms with Crippen LogP contribution in [0.2, 0.25) is 5.02 Å². The van der Waals surface area contributed by atoms with Crippen LogP contribution in [0.3, 0.4) is 0 Å². The number of anilines is 1. The molecule has 0 bridgehead atoms. The Morgan fingerprint density at radius 2 is 2.24 bits per heavy atom. The molecule has 0 saturated heterocycles. The first-order valence-corrected chi connectivity index (χ1v) is 8.70. The summed E-state index contributed by atoms with van der Waals surface area (Å²) in [5, 5.41) is 11.8. The molecule has 128 valence electrons. The van der Waals surface area contributed by atoms with Gasteiger partial charge in [0.2, 0.25) is 0 Å². The molecule has 0 fully saturated rings. The number of hydrogen-bond acceptors (Lipinski definition) is 4. The van der Waals surface area contributed by atoms with Gasteiger partial charge in [-0.25, -0.2) is 0 Å². The van der Waals surface area contributed by atoms with Crippen LogP contribution in [-0.4, -0.2) is 21.8 Å². The van der Waals surface area contributed by atoms with E-state index in [1.807, 2.05) is 18.2 Å². The van der Waals surface area contributed by atoms with Crippen molar-refractivity contribution in [1.82, 2.24) is 15.2 Å². The molecule has 25 heavy (non-hydrogen) atoms. The summed E-state index contributed by atoms with van der Waals surface area (Å²) in [7, 11) is 0. The molecule has 0 aliphatic carbocycles. The monoisotopic (exact) mass is 354 g/mol. The maximum atomic E-state index is 6.25. The van der Waals surface area contributed by atoms with Gasteiger partial charge in [0.1, 0.15) is 0 Å². The average Bonchev–Trinajstić information content (AvgIpc) is 3.06. The van der Waals surface area contributed by atoms with E-state index >= 15 is 0 Å². The van der Waals surface area contributed by atoms with Crippen molar-refractivity contribution in [3.63, 3.8) is 0 Å². The first-order valence-electron chi connectivity index (χ1n) is 8.32. The highest BCUT2D eigenvalue weighted by Gasteiger charge is 2.18. The fourth-order valence-corrected chi connectivity index (χ4v) is 3.45. The van der Waals surface area contributed by atoms with Gasteiger partial charge in [-0.1, -0.05) is 23.7 Å². The Bertz CT molecular complexity index is 893. The Morgan fingerprint density at radius 1 is 1.32 bits per heavy atom. The molecule has 2 aromatic heterocycles. The number of nitrogens with zero attached hydrogens (tertiary/aromatic N) is 2. The van der Waals surface area contributed by atoms with Gasteiger partial charge in [-0.2, -0.15) is 5.10 Å². The Balaban J connectivity index is 1.60. The van der Waals surface area contributed by atoms with Gasteiger partial charge >= 0.3 is 0 Å². The van der Waals surface area contributed by atoms with Gasteiger partial charge in [-0.05, 0) is 30.7 Å². The van der Waals surface area contributed by atoms with Crippen LogP contribution in [0.15, 0.2) is 42.7 Å². The van der Waals surface area contributed by atoms with Crippen LogP contribution in [0.5, 0.6) is 0 Å². The van der Waals surface area contributed by atoms with Gasteiger partial charge in [0.05, 0.1) is 30.0 Å². The predicted molar refractivity (Wildman–Crippen MR) is 98.7 cm³/mol. The molecule has 2 N–H and O–H groups in total. The maximum absolute atomic E-state index is 6.25. The number of aromatic amines is 1. The van der Waals surface area contributed by atoms with Crippen LogP contribution in [0.25, 0.3) is 11.3 Å². The summed E-state index contributed by atoms with van der Waals surface area (Å²) < 4.78 is 5.59. The van der Waals surface area contributed by atoms with E-state index in [-0.39, 0.29) is 6.04 Å². The van der Waals surface area contributed by atoms with E-state index in [1.54, 1.807) is 12.4 Å². The van der Waals surface area contributed by atoms with Crippen LogP contribution >= 0.6 is 11.6 Å². The highest BCUT2D eigenvalue weighted by atomic mass is 35.5. The molecule has 4 rings (SSSR count). The van der Waals surface area contributed by atoms with E-state index in [9.17, 15) is 0 Å². The van der Waals surface area contributed by atoms with E-state index in [1.165, 1.54) is 5.69 Å². The molecule has 1 aromatic carbocycles. The smallest absolute Gasteiger partial charge is 0.0979 e. The Hall–Kier alpha value is -2.37. The lowest BCUT2D eigenvalue weighted by atomic mass is 10.0. The molecule has 1 unspecified atom stereocenters. The van der Waals surface area contributed by atoms with Crippen molar-refractivity contribution in [3.8, 4) is 11.3 Å². The summed E-state index contributed by atoms with van der Waals surface area (Å²) >= 11 is 6.25. The molecule has 1 atom stereocenters. The van der Waals surface area contributed by atoms with Gasteiger partial charge in [0, 0.05) is 41.3 Å². The number of benzene rings is 1.